The van der Waals surface area contributed by atoms with Gasteiger partial charge in [0.1, 0.15) is 0 Å². The summed E-state index contributed by atoms with van der Waals surface area (Å²) in [6.45, 7) is 5.36. The van der Waals surface area contributed by atoms with Crippen LogP contribution in [0.1, 0.15) is 18.9 Å². The van der Waals surface area contributed by atoms with Gasteiger partial charge in [-0.3, -0.25) is 9.67 Å². The fourth-order valence-electron chi connectivity index (χ4n) is 2.41. The second kappa shape index (κ2) is 9.55. The summed E-state index contributed by atoms with van der Waals surface area (Å²) in [4.78, 5) is 6.80. The molecule has 1 N–H and O–H groups in total. The van der Waals surface area contributed by atoms with Gasteiger partial charge in [-0.05, 0) is 18.4 Å². The van der Waals surface area contributed by atoms with Crippen molar-refractivity contribution in [3.63, 3.8) is 0 Å². The normalized spacial score (nSPS) is 19.3. The molecule has 0 bridgehead atoms. The van der Waals surface area contributed by atoms with Crippen LogP contribution in [0.25, 0.3) is 0 Å². The number of nitrogens with zero attached hydrogens (tertiary/aromatic N) is 4. The van der Waals surface area contributed by atoms with E-state index in [0.29, 0.717) is 0 Å². The average Bonchev–Trinajstić information content (AvgIpc) is 2.89. The Balaban J connectivity index is 0.00000220. The monoisotopic (exact) mass is 423 g/mol. The molecule has 0 saturated carbocycles. The summed E-state index contributed by atoms with van der Waals surface area (Å²) in [6.07, 6.45) is 6.20. The van der Waals surface area contributed by atoms with Gasteiger partial charge in [-0.25, -0.2) is 0 Å². The molecule has 0 amide bonds. The molecule has 0 radical (unpaired) electrons. The van der Waals surface area contributed by atoms with Crippen molar-refractivity contribution in [1.82, 2.24) is 20.0 Å². The summed E-state index contributed by atoms with van der Waals surface area (Å²) in [5, 5.41) is 8.40. The SMILES string of the molecule is CCC1CN(C(=NC)NCCc2cnn(C)c2)CCS1.I. The molecule has 1 aromatic heterocycles. The van der Waals surface area contributed by atoms with E-state index >= 15 is 0 Å². The Morgan fingerprint density at radius 1 is 1.57 bits per heavy atom. The minimum Gasteiger partial charge on any atom is -0.356 e. The van der Waals surface area contributed by atoms with Crippen LogP contribution in [0.15, 0.2) is 17.4 Å². The Morgan fingerprint density at radius 3 is 3.00 bits per heavy atom. The van der Waals surface area contributed by atoms with Crippen molar-refractivity contribution in [2.45, 2.75) is 25.0 Å². The predicted molar refractivity (Wildman–Crippen MR) is 102 cm³/mol. The third-order valence-corrected chi connectivity index (χ3v) is 4.93. The van der Waals surface area contributed by atoms with Crippen LogP contribution in [0.5, 0.6) is 0 Å². The molecule has 5 nitrogen and oxygen atoms in total. The van der Waals surface area contributed by atoms with Gasteiger partial charge < -0.3 is 10.2 Å². The summed E-state index contributed by atoms with van der Waals surface area (Å²) in [7, 11) is 3.82. The Bertz CT molecular complexity index is 448. The number of nitrogens with one attached hydrogen (secondary N) is 1. The number of aromatic nitrogens is 2. The summed E-state index contributed by atoms with van der Waals surface area (Å²) < 4.78 is 1.85. The lowest BCUT2D eigenvalue weighted by molar-refractivity contribution is 0.408. The van der Waals surface area contributed by atoms with E-state index in [4.69, 9.17) is 0 Å². The van der Waals surface area contributed by atoms with Gasteiger partial charge in [0.05, 0.1) is 6.20 Å². The highest BCUT2D eigenvalue weighted by Crippen LogP contribution is 2.20. The smallest absolute Gasteiger partial charge is 0.193 e. The number of aryl methyl sites for hydroxylation is 1. The van der Waals surface area contributed by atoms with E-state index < -0.39 is 0 Å². The van der Waals surface area contributed by atoms with Gasteiger partial charge in [-0.1, -0.05) is 6.92 Å². The molecule has 1 unspecified atom stereocenters. The van der Waals surface area contributed by atoms with Crippen LogP contribution in [0.3, 0.4) is 0 Å². The summed E-state index contributed by atoms with van der Waals surface area (Å²) in [5.74, 6) is 2.23. The number of rotatable bonds is 4. The van der Waals surface area contributed by atoms with Crippen molar-refractivity contribution >= 4 is 41.7 Å². The van der Waals surface area contributed by atoms with E-state index in [9.17, 15) is 0 Å². The quantitative estimate of drug-likeness (QED) is 0.457. The second-order valence-corrected chi connectivity index (χ2v) is 6.50. The van der Waals surface area contributed by atoms with Crippen LogP contribution < -0.4 is 5.32 Å². The first-order valence-corrected chi connectivity index (χ1v) is 8.32. The first kappa shape index (κ1) is 18.6. The molecule has 0 aromatic carbocycles. The number of guanidine groups is 1. The fourth-order valence-corrected chi connectivity index (χ4v) is 3.59. The van der Waals surface area contributed by atoms with Gasteiger partial charge in [0.15, 0.2) is 5.96 Å². The predicted octanol–water partition coefficient (Wildman–Crippen LogP) is 1.98. The van der Waals surface area contributed by atoms with Crippen molar-refractivity contribution in [1.29, 1.82) is 0 Å². The summed E-state index contributed by atoms with van der Waals surface area (Å²) in [5.41, 5.74) is 1.26. The lowest BCUT2D eigenvalue weighted by Gasteiger charge is -2.34. The zero-order valence-electron chi connectivity index (χ0n) is 13.1. The number of aliphatic imine (C=N–C) groups is 1. The Kier molecular flexibility index (Phi) is 8.46. The second-order valence-electron chi connectivity index (χ2n) is 5.09. The number of halogens is 1. The molecule has 7 heteroatoms. The van der Waals surface area contributed by atoms with E-state index in [2.05, 4.69) is 45.2 Å². The van der Waals surface area contributed by atoms with E-state index in [1.807, 2.05) is 25.0 Å². The third-order valence-electron chi connectivity index (χ3n) is 3.56. The van der Waals surface area contributed by atoms with E-state index in [0.717, 1.165) is 37.3 Å². The molecule has 2 rings (SSSR count). The minimum absolute atomic E-state index is 0. The van der Waals surface area contributed by atoms with Crippen LogP contribution in [0.4, 0.5) is 0 Å². The highest BCUT2D eigenvalue weighted by atomic mass is 127. The Labute approximate surface area is 149 Å². The third kappa shape index (κ3) is 5.69. The van der Waals surface area contributed by atoms with Gasteiger partial charge in [-0.15, -0.1) is 24.0 Å². The van der Waals surface area contributed by atoms with Crippen LogP contribution in [0, 0.1) is 0 Å². The molecular weight excluding hydrogens is 397 g/mol. The molecule has 0 spiro atoms. The number of thioether (sulfide) groups is 1. The van der Waals surface area contributed by atoms with Crippen molar-refractivity contribution in [2.75, 3.05) is 32.4 Å². The van der Waals surface area contributed by atoms with Crippen LogP contribution in [-0.4, -0.2) is 58.3 Å². The molecule has 21 heavy (non-hydrogen) atoms. The standard InChI is InChI=1S/C14H25N5S.HI/c1-4-13-11-19(7-8-20-13)14(15-2)16-6-5-12-9-17-18(3)10-12;/h9-10,13H,4-8,11H2,1-3H3,(H,15,16);1H. The number of hydrogen-bond acceptors (Lipinski definition) is 3. The number of hydrogen-bond donors (Lipinski definition) is 1. The van der Waals surface area contributed by atoms with E-state index in [1.54, 1.807) is 0 Å². The van der Waals surface area contributed by atoms with Crippen LogP contribution in [-0.2, 0) is 13.5 Å². The molecule has 0 aliphatic carbocycles. The zero-order chi connectivity index (χ0) is 14.4. The van der Waals surface area contributed by atoms with Crippen LogP contribution >= 0.6 is 35.7 Å². The molecular formula is C14H26IN5S. The molecule has 1 aromatic rings. The van der Waals surface area contributed by atoms with Crippen molar-refractivity contribution in [3.05, 3.63) is 18.0 Å². The van der Waals surface area contributed by atoms with Gasteiger partial charge in [0.2, 0.25) is 0 Å². The van der Waals surface area contributed by atoms with Crippen LogP contribution in [0.2, 0.25) is 0 Å². The molecule has 120 valence electrons. The van der Waals surface area contributed by atoms with Gasteiger partial charge in [0, 0.05) is 50.9 Å². The van der Waals surface area contributed by atoms with Gasteiger partial charge >= 0.3 is 0 Å². The van der Waals surface area contributed by atoms with E-state index in [-0.39, 0.29) is 24.0 Å². The maximum absolute atomic E-state index is 4.42. The highest BCUT2D eigenvalue weighted by molar-refractivity contribution is 14.0. The first-order chi connectivity index (χ1) is 9.72. The first-order valence-electron chi connectivity index (χ1n) is 7.27. The van der Waals surface area contributed by atoms with Crippen molar-refractivity contribution in [3.8, 4) is 0 Å². The topological polar surface area (TPSA) is 45.4 Å². The van der Waals surface area contributed by atoms with Crippen molar-refractivity contribution < 1.29 is 0 Å². The van der Waals surface area contributed by atoms with E-state index in [1.165, 1.54) is 17.7 Å². The maximum Gasteiger partial charge on any atom is 0.193 e. The summed E-state index contributed by atoms with van der Waals surface area (Å²) in [6, 6.07) is 0. The summed E-state index contributed by atoms with van der Waals surface area (Å²) >= 11 is 2.08. The lowest BCUT2D eigenvalue weighted by atomic mass is 10.2. The maximum atomic E-state index is 4.42. The molecule has 1 saturated heterocycles. The lowest BCUT2D eigenvalue weighted by Crippen LogP contribution is -2.48. The minimum atomic E-state index is 0. The molecule has 1 aliphatic heterocycles. The largest absolute Gasteiger partial charge is 0.356 e. The molecule has 2 heterocycles. The molecule has 1 fully saturated rings. The Morgan fingerprint density at radius 2 is 2.38 bits per heavy atom. The molecule has 1 atom stereocenters. The average molecular weight is 423 g/mol. The van der Waals surface area contributed by atoms with Gasteiger partial charge in [0.25, 0.3) is 0 Å². The zero-order valence-corrected chi connectivity index (χ0v) is 16.2. The fraction of sp³-hybridized carbons (Fsp3) is 0.714. The van der Waals surface area contributed by atoms with Gasteiger partial charge in [-0.2, -0.15) is 16.9 Å². The Hall–Kier alpha value is -0.440. The highest BCUT2D eigenvalue weighted by Gasteiger charge is 2.21. The molecule has 1 aliphatic rings. The van der Waals surface area contributed by atoms with Crippen molar-refractivity contribution in [2.24, 2.45) is 12.0 Å².